The van der Waals surface area contributed by atoms with Gasteiger partial charge in [0.1, 0.15) is 4.21 Å². The molecule has 1 aromatic heterocycles. The number of hydrogen-bond acceptors (Lipinski definition) is 6. The number of sulfonamides is 1. The minimum atomic E-state index is -3.57. The van der Waals surface area contributed by atoms with Gasteiger partial charge in [0.2, 0.25) is 11.8 Å². The highest BCUT2D eigenvalue weighted by Crippen LogP contribution is 2.28. The molecule has 1 aliphatic rings. The maximum atomic E-state index is 12.8. The summed E-state index contributed by atoms with van der Waals surface area (Å²) in [5.74, 6) is -0.324. The van der Waals surface area contributed by atoms with Gasteiger partial charge in [0.15, 0.2) is 0 Å². The second-order valence-corrected chi connectivity index (χ2v) is 9.98. The largest absolute Gasteiger partial charge is 0.382 e. The number of ether oxygens (including phenoxy) is 1. The van der Waals surface area contributed by atoms with Crippen LogP contribution >= 0.6 is 11.3 Å². The number of nitrogens with zero attached hydrogens (tertiary/aromatic N) is 1. The molecule has 8 nitrogen and oxygen atoms in total. The summed E-state index contributed by atoms with van der Waals surface area (Å²) in [5.41, 5.74) is 0. The molecule has 0 aromatic carbocycles. The van der Waals surface area contributed by atoms with Crippen LogP contribution in [0, 0.1) is 5.92 Å². The molecule has 158 valence electrons. The van der Waals surface area contributed by atoms with E-state index >= 15 is 0 Å². The lowest BCUT2D eigenvalue weighted by Crippen LogP contribution is -2.43. The quantitative estimate of drug-likeness (QED) is 0.544. The molecule has 0 spiro atoms. The second-order valence-electron chi connectivity index (χ2n) is 6.65. The predicted octanol–water partition coefficient (Wildman–Crippen LogP) is 1.33. The first-order valence-electron chi connectivity index (χ1n) is 9.53. The third kappa shape index (κ3) is 6.54. The molecule has 0 radical (unpaired) electrons. The normalized spacial score (nSPS) is 16.1. The van der Waals surface area contributed by atoms with Crippen LogP contribution in [-0.2, 0) is 30.9 Å². The van der Waals surface area contributed by atoms with Gasteiger partial charge in [0, 0.05) is 50.6 Å². The molecule has 1 aromatic rings. The Hall–Kier alpha value is -1.49. The van der Waals surface area contributed by atoms with E-state index in [0.29, 0.717) is 52.2 Å². The van der Waals surface area contributed by atoms with Crippen LogP contribution in [-0.4, -0.2) is 57.4 Å². The average molecular weight is 432 g/mol. The van der Waals surface area contributed by atoms with Crippen molar-refractivity contribution in [2.45, 2.75) is 43.9 Å². The first-order chi connectivity index (χ1) is 13.3. The molecule has 1 saturated heterocycles. The van der Waals surface area contributed by atoms with Crippen molar-refractivity contribution in [3.05, 3.63) is 17.0 Å². The number of rotatable bonds is 10. The lowest BCUT2D eigenvalue weighted by molar-refractivity contribution is -0.126. The number of amides is 2. The molecule has 10 heteroatoms. The van der Waals surface area contributed by atoms with Crippen molar-refractivity contribution in [3.8, 4) is 0 Å². The van der Waals surface area contributed by atoms with Crippen molar-refractivity contribution in [1.29, 1.82) is 0 Å². The molecule has 0 aliphatic carbocycles. The molecule has 0 unspecified atom stereocenters. The smallest absolute Gasteiger partial charge is 0.252 e. The fourth-order valence-corrected chi connectivity index (χ4v) is 5.88. The minimum Gasteiger partial charge on any atom is -0.382 e. The van der Waals surface area contributed by atoms with Crippen molar-refractivity contribution < 1.29 is 22.7 Å². The molecule has 1 fully saturated rings. The fraction of sp³-hybridized carbons (Fsp3) is 0.667. The first kappa shape index (κ1) is 22.8. The van der Waals surface area contributed by atoms with Crippen LogP contribution < -0.4 is 10.6 Å². The van der Waals surface area contributed by atoms with Crippen molar-refractivity contribution >= 4 is 33.2 Å². The van der Waals surface area contributed by atoms with Gasteiger partial charge >= 0.3 is 0 Å². The maximum absolute atomic E-state index is 12.8. The molecule has 2 N–H and O–H groups in total. The van der Waals surface area contributed by atoms with E-state index in [9.17, 15) is 18.0 Å². The number of thiophene rings is 1. The molecule has 28 heavy (non-hydrogen) atoms. The van der Waals surface area contributed by atoms with E-state index in [1.165, 1.54) is 11.2 Å². The third-order valence-corrected chi connectivity index (χ3v) is 7.99. The molecule has 0 atom stereocenters. The van der Waals surface area contributed by atoms with E-state index in [2.05, 4.69) is 10.6 Å². The summed E-state index contributed by atoms with van der Waals surface area (Å²) in [6, 6.07) is 3.30. The van der Waals surface area contributed by atoms with Gasteiger partial charge in [0.05, 0.1) is 6.54 Å². The van der Waals surface area contributed by atoms with Crippen LogP contribution in [0.3, 0.4) is 0 Å². The monoisotopic (exact) mass is 431 g/mol. The Morgan fingerprint density at radius 1 is 1.25 bits per heavy atom. The zero-order valence-corrected chi connectivity index (χ0v) is 18.0. The highest BCUT2D eigenvalue weighted by atomic mass is 32.2. The van der Waals surface area contributed by atoms with Gasteiger partial charge in [-0.05, 0) is 38.3 Å². The van der Waals surface area contributed by atoms with E-state index in [-0.39, 0.29) is 21.9 Å². The Morgan fingerprint density at radius 2 is 1.96 bits per heavy atom. The molecule has 2 amide bonds. The Labute approximate surface area is 170 Å². The van der Waals surface area contributed by atoms with Gasteiger partial charge in [-0.2, -0.15) is 4.31 Å². The van der Waals surface area contributed by atoms with Crippen molar-refractivity contribution in [1.82, 2.24) is 14.9 Å². The van der Waals surface area contributed by atoms with Crippen LogP contribution in [0.5, 0.6) is 0 Å². The Bertz CT molecular complexity index is 755. The summed E-state index contributed by atoms with van der Waals surface area (Å²) >= 11 is 1.16. The van der Waals surface area contributed by atoms with Crippen molar-refractivity contribution in [2.24, 2.45) is 5.92 Å². The van der Waals surface area contributed by atoms with Crippen LogP contribution in [0.4, 0.5) is 0 Å². The van der Waals surface area contributed by atoms with Crippen molar-refractivity contribution in [2.75, 3.05) is 32.8 Å². The molecular formula is C18H29N3O5S2. The molecule has 0 bridgehead atoms. The number of nitrogens with one attached hydrogen (secondary N) is 2. The number of carbonyl (C=O) groups is 2. The molecule has 0 saturated carbocycles. The van der Waals surface area contributed by atoms with E-state index in [4.69, 9.17) is 4.74 Å². The highest BCUT2D eigenvalue weighted by molar-refractivity contribution is 7.91. The summed E-state index contributed by atoms with van der Waals surface area (Å²) in [4.78, 5) is 24.0. The third-order valence-electron chi connectivity index (χ3n) is 4.54. The van der Waals surface area contributed by atoms with Gasteiger partial charge in [-0.3, -0.25) is 9.59 Å². The van der Waals surface area contributed by atoms with Gasteiger partial charge in [-0.1, -0.05) is 0 Å². The van der Waals surface area contributed by atoms with Gasteiger partial charge in [-0.15, -0.1) is 11.3 Å². The number of carbonyl (C=O) groups excluding carboxylic acids is 2. The van der Waals surface area contributed by atoms with Crippen molar-refractivity contribution in [3.63, 3.8) is 0 Å². The summed E-state index contributed by atoms with van der Waals surface area (Å²) in [7, 11) is -3.57. The van der Waals surface area contributed by atoms with Crippen LogP contribution in [0.1, 0.15) is 38.0 Å². The van der Waals surface area contributed by atoms with Crippen LogP contribution in [0.15, 0.2) is 16.3 Å². The maximum Gasteiger partial charge on any atom is 0.252 e. The minimum absolute atomic E-state index is 0.0118. The SMILES string of the molecule is CCOCCCNC(=O)C1CCN(S(=O)(=O)c2ccc(CNC(C)=O)s2)CC1. The summed E-state index contributed by atoms with van der Waals surface area (Å²) in [5, 5.41) is 5.57. The topological polar surface area (TPSA) is 105 Å². The zero-order chi connectivity index (χ0) is 20.6. The van der Waals surface area contributed by atoms with E-state index < -0.39 is 10.0 Å². The molecular weight excluding hydrogens is 402 g/mol. The summed E-state index contributed by atoms with van der Waals surface area (Å²) < 4.78 is 32.6. The number of hydrogen-bond donors (Lipinski definition) is 2. The van der Waals surface area contributed by atoms with Gasteiger partial charge < -0.3 is 15.4 Å². The fourth-order valence-electron chi connectivity index (χ4n) is 2.96. The predicted molar refractivity (Wildman–Crippen MR) is 107 cm³/mol. The van der Waals surface area contributed by atoms with E-state index in [1.807, 2.05) is 6.92 Å². The Kier molecular flexibility index (Phi) is 8.87. The first-order valence-corrected chi connectivity index (χ1v) is 11.8. The van der Waals surface area contributed by atoms with Crippen LogP contribution in [0.25, 0.3) is 0 Å². The summed E-state index contributed by atoms with van der Waals surface area (Å²) in [6.45, 7) is 6.20. The zero-order valence-electron chi connectivity index (χ0n) is 16.4. The van der Waals surface area contributed by atoms with E-state index in [1.54, 1.807) is 12.1 Å². The van der Waals surface area contributed by atoms with Crippen LogP contribution in [0.2, 0.25) is 0 Å². The lowest BCUT2D eigenvalue weighted by atomic mass is 9.97. The summed E-state index contributed by atoms with van der Waals surface area (Å²) in [6.07, 6.45) is 1.80. The lowest BCUT2D eigenvalue weighted by Gasteiger charge is -2.30. The van der Waals surface area contributed by atoms with Gasteiger partial charge in [0.25, 0.3) is 10.0 Å². The highest BCUT2D eigenvalue weighted by Gasteiger charge is 2.32. The molecule has 2 heterocycles. The standard InChI is InChI=1S/C18H29N3O5S2/c1-3-26-12-4-9-19-18(23)15-7-10-21(11-8-15)28(24,25)17-6-5-16(27-17)13-20-14(2)22/h5-6,15H,3-4,7-13H2,1-2H3,(H,19,23)(H,20,22). The number of piperidine rings is 1. The second kappa shape index (κ2) is 10.9. The van der Waals surface area contributed by atoms with Gasteiger partial charge in [-0.25, -0.2) is 8.42 Å². The van der Waals surface area contributed by atoms with E-state index in [0.717, 1.165) is 22.6 Å². The average Bonchev–Trinajstić information content (AvgIpc) is 3.16. The molecule has 2 rings (SSSR count). The Balaban J connectivity index is 1.83. The molecule has 1 aliphatic heterocycles. The Morgan fingerprint density at radius 3 is 2.61 bits per heavy atom.